The first kappa shape index (κ1) is 24.1. The van der Waals surface area contributed by atoms with E-state index in [0.717, 1.165) is 35.2 Å². The largest absolute Gasteiger partial charge is 0.383 e. The number of aromatic amines is 1. The maximum atomic E-state index is 13.1. The zero-order valence-electron chi connectivity index (χ0n) is 21.9. The van der Waals surface area contributed by atoms with Crippen molar-refractivity contribution in [2.75, 3.05) is 5.73 Å². The summed E-state index contributed by atoms with van der Waals surface area (Å²) in [7, 11) is 0. The van der Waals surface area contributed by atoms with Crippen LogP contribution in [-0.4, -0.2) is 63.4 Å². The molecule has 2 aliphatic rings. The molecular formula is C29H27N9O2. The van der Waals surface area contributed by atoms with Gasteiger partial charge in [-0.3, -0.25) is 19.7 Å². The number of nitrogens with two attached hydrogens (primary N) is 1. The van der Waals surface area contributed by atoms with E-state index in [1.54, 1.807) is 6.20 Å². The van der Waals surface area contributed by atoms with Crippen LogP contribution in [0, 0.1) is 0 Å². The molecule has 0 saturated carbocycles. The van der Waals surface area contributed by atoms with Crippen LogP contribution < -0.4 is 5.73 Å². The molecule has 7 rings (SSSR count). The second-order valence-electron chi connectivity index (χ2n) is 10.5. The van der Waals surface area contributed by atoms with Crippen LogP contribution in [0.4, 0.5) is 5.82 Å². The summed E-state index contributed by atoms with van der Waals surface area (Å²) in [5.41, 5.74) is 11.8. The van der Waals surface area contributed by atoms with Gasteiger partial charge < -0.3 is 10.6 Å². The van der Waals surface area contributed by atoms with Crippen molar-refractivity contribution in [3.8, 4) is 22.4 Å². The van der Waals surface area contributed by atoms with Crippen molar-refractivity contribution >= 4 is 23.2 Å². The SMILES string of the molecule is CC(=O)c1c(C2CC3CCC(C2)N3C(=O)c2ncn[nH]2)nc2c(-c3ccc(-c4ccccc4)nc3)cnn2c1N. The fourth-order valence-electron chi connectivity index (χ4n) is 6.39. The summed E-state index contributed by atoms with van der Waals surface area (Å²) in [4.78, 5) is 41.7. The highest BCUT2D eigenvalue weighted by atomic mass is 16.2. The molecule has 4 aromatic heterocycles. The zero-order valence-corrected chi connectivity index (χ0v) is 21.9. The molecule has 11 nitrogen and oxygen atoms in total. The summed E-state index contributed by atoms with van der Waals surface area (Å²) in [6, 6.07) is 14.0. The third-order valence-electron chi connectivity index (χ3n) is 8.18. The highest BCUT2D eigenvalue weighted by Crippen LogP contribution is 2.45. The monoisotopic (exact) mass is 533 g/mol. The lowest BCUT2D eigenvalue weighted by Crippen LogP contribution is -2.46. The Balaban J connectivity index is 1.26. The van der Waals surface area contributed by atoms with E-state index in [1.165, 1.54) is 17.8 Å². The number of amides is 1. The Morgan fingerprint density at radius 2 is 1.75 bits per heavy atom. The molecule has 0 aliphatic carbocycles. The molecule has 2 unspecified atom stereocenters. The molecule has 5 aromatic rings. The van der Waals surface area contributed by atoms with Crippen LogP contribution in [-0.2, 0) is 0 Å². The minimum atomic E-state index is -0.152. The van der Waals surface area contributed by atoms with Crippen LogP contribution in [0.15, 0.2) is 61.2 Å². The van der Waals surface area contributed by atoms with Crippen molar-refractivity contribution in [3.63, 3.8) is 0 Å². The fourth-order valence-corrected chi connectivity index (χ4v) is 6.39. The van der Waals surface area contributed by atoms with E-state index in [0.29, 0.717) is 29.7 Å². The molecule has 200 valence electrons. The summed E-state index contributed by atoms with van der Waals surface area (Å²) in [6.45, 7) is 1.51. The van der Waals surface area contributed by atoms with Crippen molar-refractivity contribution in [1.29, 1.82) is 0 Å². The number of ketones is 1. The second kappa shape index (κ2) is 9.37. The van der Waals surface area contributed by atoms with Crippen LogP contribution in [0.3, 0.4) is 0 Å². The molecule has 1 aromatic carbocycles. The lowest BCUT2D eigenvalue weighted by molar-refractivity contribution is 0.0556. The number of fused-ring (bicyclic) bond motifs is 3. The average molecular weight is 534 g/mol. The first-order valence-electron chi connectivity index (χ1n) is 13.4. The number of Topliss-reactive ketones (excluding diaryl/α,β-unsaturated/α-hetero) is 1. The molecule has 40 heavy (non-hydrogen) atoms. The van der Waals surface area contributed by atoms with E-state index >= 15 is 0 Å². The summed E-state index contributed by atoms with van der Waals surface area (Å²) in [5, 5.41) is 11.0. The Hall–Kier alpha value is -4.93. The number of nitrogens with one attached hydrogen (secondary N) is 1. The third-order valence-corrected chi connectivity index (χ3v) is 8.18. The quantitative estimate of drug-likeness (QED) is 0.323. The van der Waals surface area contributed by atoms with Gasteiger partial charge in [0.2, 0.25) is 5.82 Å². The van der Waals surface area contributed by atoms with Crippen molar-refractivity contribution in [2.45, 2.75) is 50.6 Å². The number of nitrogens with zero attached hydrogens (tertiary/aromatic N) is 7. The first-order chi connectivity index (χ1) is 19.5. The normalized spacial score (nSPS) is 20.2. The Morgan fingerprint density at radius 3 is 2.40 bits per heavy atom. The number of aromatic nitrogens is 7. The molecule has 0 radical (unpaired) electrons. The summed E-state index contributed by atoms with van der Waals surface area (Å²) >= 11 is 0. The molecule has 2 atom stereocenters. The van der Waals surface area contributed by atoms with E-state index in [1.807, 2.05) is 53.6 Å². The fraction of sp³-hybridized carbons (Fsp3) is 0.276. The molecule has 2 fully saturated rings. The van der Waals surface area contributed by atoms with Crippen molar-refractivity contribution in [1.82, 2.24) is 39.7 Å². The van der Waals surface area contributed by atoms with Gasteiger partial charge in [-0.1, -0.05) is 36.4 Å². The van der Waals surface area contributed by atoms with Crippen LogP contribution in [0.5, 0.6) is 0 Å². The molecule has 2 saturated heterocycles. The zero-order chi connectivity index (χ0) is 27.4. The predicted molar refractivity (Wildman–Crippen MR) is 147 cm³/mol. The summed E-state index contributed by atoms with van der Waals surface area (Å²) in [5.74, 6) is 0.214. The van der Waals surface area contributed by atoms with Crippen LogP contribution >= 0.6 is 0 Å². The van der Waals surface area contributed by atoms with E-state index < -0.39 is 0 Å². The van der Waals surface area contributed by atoms with E-state index in [2.05, 4.69) is 25.3 Å². The molecule has 0 spiro atoms. The van der Waals surface area contributed by atoms with Gasteiger partial charge >= 0.3 is 0 Å². The van der Waals surface area contributed by atoms with E-state index in [-0.39, 0.29) is 41.3 Å². The Bertz CT molecular complexity index is 1720. The average Bonchev–Trinajstić information content (AvgIpc) is 3.71. The highest BCUT2D eigenvalue weighted by Gasteiger charge is 2.45. The molecule has 2 aliphatic heterocycles. The third kappa shape index (κ3) is 3.84. The lowest BCUT2D eigenvalue weighted by Gasteiger charge is -2.38. The number of carbonyl (C=O) groups is 2. The van der Waals surface area contributed by atoms with Crippen LogP contribution in [0.25, 0.3) is 28.0 Å². The predicted octanol–water partition coefficient (Wildman–Crippen LogP) is 3.91. The molecule has 6 heterocycles. The highest BCUT2D eigenvalue weighted by molar-refractivity contribution is 6.00. The van der Waals surface area contributed by atoms with Gasteiger partial charge in [0.1, 0.15) is 12.1 Å². The van der Waals surface area contributed by atoms with Crippen molar-refractivity contribution in [3.05, 3.63) is 78.3 Å². The number of anilines is 1. The van der Waals surface area contributed by atoms with Gasteiger partial charge in [0, 0.05) is 40.9 Å². The first-order valence-corrected chi connectivity index (χ1v) is 13.4. The van der Waals surface area contributed by atoms with Gasteiger partial charge in [-0.25, -0.2) is 9.97 Å². The number of pyridine rings is 1. The van der Waals surface area contributed by atoms with Crippen LogP contribution in [0.1, 0.15) is 65.2 Å². The van der Waals surface area contributed by atoms with Gasteiger partial charge in [-0.15, -0.1) is 0 Å². The number of H-pyrrole nitrogens is 1. The smallest absolute Gasteiger partial charge is 0.291 e. The second-order valence-corrected chi connectivity index (χ2v) is 10.5. The standard InChI is InChI=1S/C29H27N9O2/c1-16(39)24-25(19-11-20-8-9-21(12-19)37(20)29(40)27-32-15-33-36-27)35-28-22(14-34-38(28)26(24)30)18-7-10-23(31-13-18)17-5-3-2-4-6-17/h2-7,10,13-15,19-21H,8-9,11-12,30H2,1H3,(H,32,33,36). The maximum Gasteiger partial charge on any atom is 0.291 e. The van der Waals surface area contributed by atoms with E-state index in [9.17, 15) is 9.59 Å². The number of benzene rings is 1. The van der Waals surface area contributed by atoms with Crippen molar-refractivity contribution in [2.24, 2.45) is 0 Å². The lowest BCUT2D eigenvalue weighted by atomic mass is 9.85. The molecule has 11 heteroatoms. The summed E-state index contributed by atoms with van der Waals surface area (Å²) < 4.78 is 1.54. The van der Waals surface area contributed by atoms with Gasteiger partial charge in [0.25, 0.3) is 5.91 Å². The topological polar surface area (TPSA) is 148 Å². The molecule has 2 bridgehead atoms. The van der Waals surface area contributed by atoms with Crippen LogP contribution in [0.2, 0.25) is 0 Å². The number of rotatable bonds is 5. The van der Waals surface area contributed by atoms with Gasteiger partial charge in [0.15, 0.2) is 11.4 Å². The van der Waals surface area contributed by atoms with Gasteiger partial charge in [0.05, 0.1) is 23.1 Å². The molecular weight excluding hydrogens is 506 g/mol. The van der Waals surface area contributed by atoms with E-state index in [4.69, 9.17) is 10.7 Å². The number of hydrogen-bond acceptors (Lipinski definition) is 8. The maximum absolute atomic E-state index is 13.1. The van der Waals surface area contributed by atoms with Crippen molar-refractivity contribution < 1.29 is 9.59 Å². The number of nitrogen functional groups attached to an aromatic ring is 1. The Morgan fingerprint density at radius 1 is 0.975 bits per heavy atom. The number of piperidine rings is 1. The van der Waals surface area contributed by atoms with Gasteiger partial charge in [-0.2, -0.15) is 14.7 Å². The minimum Gasteiger partial charge on any atom is -0.383 e. The summed E-state index contributed by atoms with van der Waals surface area (Å²) in [6.07, 6.45) is 8.04. The molecule has 3 N–H and O–H groups in total. The molecule has 1 amide bonds. The number of hydrogen-bond donors (Lipinski definition) is 2. The Labute approximate surface area is 229 Å². The van der Waals surface area contributed by atoms with Gasteiger partial charge in [-0.05, 0) is 38.7 Å². The Kier molecular flexibility index (Phi) is 5.65. The number of carbonyl (C=O) groups excluding carboxylic acids is 2. The minimum absolute atomic E-state index is 0.0243.